The lowest BCUT2D eigenvalue weighted by Gasteiger charge is -2.14. The van der Waals surface area contributed by atoms with Gasteiger partial charge < -0.3 is 9.47 Å². The number of esters is 1. The molecule has 1 heterocycles. The van der Waals surface area contributed by atoms with E-state index in [2.05, 4.69) is 4.98 Å². The van der Waals surface area contributed by atoms with Crippen molar-refractivity contribution in [1.29, 1.82) is 0 Å². The second-order valence-electron chi connectivity index (χ2n) is 5.69. The van der Waals surface area contributed by atoms with E-state index < -0.39 is 0 Å². The van der Waals surface area contributed by atoms with Crippen LogP contribution < -0.4 is 4.74 Å². The molecule has 4 heteroatoms. The molecule has 3 rings (SSSR count). The zero-order valence-corrected chi connectivity index (χ0v) is 13.9. The molecule has 0 fully saturated rings. The van der Waals surface area contributed by atoms with Crippen molar-refractivity contribution in [3.05, 3.63) is 71.4 Å². The Morgan fingerprint density at radius 2 is 1.92 bits per heavy atom. The number of benzene rings is 2. The largest absolute Gasteiger partial charge is 0.496 e. The lowest BCUT2D eigenvalue weighted by atomic mass is 10.1. The Bertz CT molecular complexity index is 889. The third-order valence-corrected chi connectivity index (χ3v) is 4.01. The SMILES string of the molecule is COc1cc(C(=O)OC(C)c2cnc3ccccc3c2)ccc1C. The van der Waals surface area contributed by atoms with Crippen LogP contribution in [0, 0.1) is 6.92 Å². The molecule has 0 radical (unpaired) electrons. The number of nitrogens with zero attached hydrogens (tertiary/aromatic N) is 1. The summed E-state index contributed by atoms with van der Waals surface area (Å²) in [6.45, 7) is 3.77. The van der Waals surface area contributed by atoms with Gasteiger partial charge in [0.1, 0.15) is 11.9 Å². The number of methoxy groups -OCH3 is 1. The van der Waals surface area contributed by atoms with Crippen molar-refractivity contribution in [2.24, 2.45) is 0 Å². The molecular formula is C20H19NO3. The molecule has 24 heavy (non-hydrogen) atoms. The summed E-state index contributed by atoms with van der Waals surface area (Å²) < 4.78 is 10.8. The molecule has 1 aromatic heterocycles. The fourth-order valence-electron chi connectivity index (χ4n) is 2.55. The van der Waals surface area contributed by atoms with Crippen molar-refractivity contribution in [3.8, 4) is 5.75 Å². The van der Waals surface area contributed by atoms with Crippen LogP contribution in [0.3, 0.4) is 0 Å². The molecule has 1 unspecified atom stereocenters. The van der Waals surface area contributed by atoms with Crippen LogP contribution in [-0.4, -0.2) is 18.1 Å². The second kappa shape index (κ2) is 6.71. The first kappa shape index (κ1) is 16.0. The predicted octanol–water partition coefficient (Wildman–Crippen LogP) is 4.47. The molecule has 0 spiro atoms. The number of hydrogen-bond donors (Lipinski definition) is 0. The highest BCUT2D eigenvalue weighted by Gasteiger charge is 2.15. The van der Waals surface area contributed by atoms with Crippen molar-refractivity contribution in [2.45, 2.75) is 20.0 Å². The number of para-hydroxylation sites is 1. The van der Waals surface area contributed by atoms with Crippen LogP contribution in [-0.2, 0) is 4.74 Å². The molecule has 0 N–H and O–H groups in total. The Labute approximate surface area is 141 Å². The van der Waals surface area contributed by atoms with E-state index in [4.69, 9.17) is 9.47 Å². The van der Waals surface area contributed by atoms with Gasteiger partial charge in [0.2, 0.25) is 0 Å². The first-order valence-corrected chi connectivity index (χ1v) is 7.79. The number of carbonyl (C=O) groups excluding carboxylic acids is 1. The molecule has 0 aliphatic carbocycles. The first-order valence-electron chi connectivity index (χ1n) is 7.79. The quantitative estimate of drug-likeness (QED) is 0.665. The molecule has 1 atom stereocenters. The highest BCUT2D eigenvalue weighted by atomic mass is 16.5. The summed E-state index contributed by atoms with van der Waals surface area (Å²) in [5.74, 6) is 0.290. The van der Waals surface area contributed by atoms with E-state index in [-0.39, 0.29) is 12.1 Å². The number of aromatic nitrogens is 1. The Balaban J connectivity index is 1.80. The summed E-state index contributed by atoms with van der Waals surface area (Å²) in [6, 6.07) is 15.1. The van der Waals surface area contributed by atoms with Crippen LogP contribution in [0.2, 0.25) is 0 Å². The van der Waals surface area contributed by atoms with Gasteiger partial charge in [0.15, 0.2) is 0 Å². The van der Waals surface area contributed by atoms with Gasteiger partial charge in [0, 0.05) is 17.1 Å². The van der Waals surface area contributed by atoms with Gasteiger partial charge in [-0.3, -0.25) is 4.98 Å². The Morgan fingerprint density at radius 1 is 1.12 bits per heavy atom. The summed E-state index contributed by atoms with van der Waals surface area (Å²) in [7, 11) is 1.58. The average molecular weight is 321 g/mol. The van der Waals surface area contributed by atoms with E-state index in [1.165, 1.54) is 0 Å². The fourth-order valence-corrected chi connectivity index (χ4v) is 2.55. The van der Waals surface area contributed by atoms with Crippen LogP contribution >= 0.6 is 0 Å². The molecule has 0 bridgehead atoms. The van der Waals surface area contributed by atoms with E-state index in [0.29, 0.717) is 11.3 Å². The number of ether oxygens (including phenoxy) is 2. The van der Waals surface area contributed by atoms with E-state index in [0.717, 1.165) is 22.0 Å². The summed E-state index contributed by atoms with van der Waals surface area (Å²) in [6.07, 6.45) is 1.36. The maximum atomic E-state index is 12.4. The summed E-state index contributed by atoms with van der Waals surface area (Å²) in [5, 5.41) is 1.02. The number of pyridine rings is 1. The summed E-state index contributed by atoms with van der Waals surface area (Å²) in [5.41, 5.74) is 3.23. The third-order valence-electron chi connectivity index (χ3n) is 4.01. The van der Waals surface area contributed by atoms with Gasteiger partial charge >= 0.3 is 5.97 Å². The number of rotatable bonds is 4. The summed E-state index contributed by atoms with van der Waals surface area (Å²) in [4.78, 5) is 16.8. The lowest BCUT2D eigenvalue weighted by molar-refractivity contribution is 0.0337. The van der Waals surface area contributed by atoms with Crippen LogP contribution in [0.1, 0.15) is 34.5 Å². The number of hydrogen-bond acceptors (Lipinski definition) is 4. The molecule has 0 aliphatic heterocycles. The molecule has 0 saturated heterocycles. The molecule has 2 aromatic carbocycles. The zero-order chi connectivity index (χ0) is 17.1. The van der Waals surface area contributed by atoms with Crippen LogP contribution in [0.15, 0.2) is 54.7 Å². The normalized spacial score (nSPS) is 12.0. The monoisotopic (exact) mass is 321 g/mol. The standard InChI is InChI=1S/C20H19NO3/c1-13-8-9-16(11-19(13)23-3)20(22)24-14(2)17-10-15-6-4-5-7-18(15)21-12-17/h4-12,14H,1-3H3. The Kier molecular flexibility index (Phi) is 4.47. The Morgan fingerprint density at radius 3 is 2.71 bits per heavy atom. The molecule has 122 valence electrons. The van der Waals surface area contributed by atoms with Crippen molar-refractivity contribution >= 4 is 16.9 Å². The molecule has 3 aromatic rings. The van der Waals surface area contributed by atoms with Gasteiger partial charge in [0.25, 0.3) is 0 Å². The minimum absolute atomic E-state index is 0.381. The lowest BCUT2D eigenvalue weighted by Crippen LogP contribution is -2.10. The van der Waals surface area contributed by atoms with Gasteiger partial charge in [-0.05, 0) is 43.7 Å². The highest BCUT2D eigenvalue weighted by molar-refractivity contribution is 5.90. The molecular weight excluding hydrogens is 302 g/mol. The van der Waals surface area contributed by atoms with Crippen molar-refractivity contribution < 1.29 is 14.3 Å². The fraction of sp³-hybridized carbons (Fsp3) is 0.200. The number of carbonyl (C=O) groups is 1. The van der Waals surface area contributed by atoms with E-state index in [1.807, 2.05) is 50.2 Å². The minimum atomic E-state index is -0.387. The van der Waals surface area contributed by atoms with E-state index >= 15 is 0 Å². The van der Waals surface area contributed by atoms with E-state index in [9.17, 15) is 4.79 Å². The highest BCUT2D eigenvalue weighted by Crippen LogP contribution is 2.24. The van der Waals surface area contributed by atoms with Crippen LogP contribution in [0.4, 0.5) is 0 Å². The summed E-state index contributed by atoms with van der Waals surface area (Å²) >= 11 is 0. The van der Waals surface area contributed by atoms with Gasteiger partial charge in [-0.25, -0.2) is 4.79 Å². The molecule has 4 nitrogen and oxygen atoms in total. The van der Waals surface area contributed by atoms with Gasteiger partial charge in [0.05, 0.1) is 18.2 Å². The minimum Gasteiger partial charge on any atom is -0.496 e. The van der Waals surface area contributed by atoms with Gasteiger partial charge in [-0.2, -0.15) is 0 Å². The predicted molar refractivity (Wildman–Crippen MR) is 93.3 cm³/mol. The zero-order valence-electron chi connectivity index (χ0n) is 13.9. The second-order valence-corrected chi connectivity index (χ2v) is 5.69. The topological polar surface area (TPSA) is 48.4 Å². The maximum Gasteiger partial charge on any atom is 0.338 e. The number of aryl methyl sites for hydroxylation is 1. The smallest absolute Gasteiger partial charge is 0.338 e. The Hall–Kier alpha value is -2.88. The van der Waals surface area contributed by atoms with Crippen LogP contribution in [0.25, 0.3) is 10.9 Å². The molecule has 0 aliphatic rings. The van der Waals surface area contributed by atoms with Crippen molar-refractivity contribution in [2.75, 3.05) is 7.11 Å². The van der Waals surface area contributed by atoms with Gasteiger partial charge in [-0.15, -0.1) is 0 Å². The van der Waals surface area contributed by atoms with E-state index in [1.54, 1.807) is 25.4 Å². The van der Waals surface area contributed by atoms with Crippen LogP contribution in [0.5, 0.6) is 5.75 Å². The maximum absolute atomic E-state index is 12.4. The molecule has 0 saturated carbocycles. The first-order chi connectivity index (χ1) is 11.6. The molecule has 0 amide bonds. The van der Waals surface area contributed by atoms with Gasteiger partial charge in [-0.1, -0.05) is 24.3 Å². The van der Waals surface area contributed by atoms with Crippen molar-refractivity contribution in [1.82, 2.24) is 4.98 Å². The number of fused-ring (bicyclic) bond motifs is 1. The third kappa shape index (κ3) is 3.23. The average Bonchev–Trinajstić information content (AvgIpc) is 2.61. The van der Waals surface area contributed by atoms with Crippen molar-refractivity contribution in [3.63, 3.8) is 0 Å².